The van der Waals surface area contributed by atoms with Crippen molar-refractivity contribution in [2.24, 2.45) is 0 Å². The molecule has 0 aliphatic carbocycles. The second-order valence-electron chi connectivity index (χ2n) is 7.78. The monoisotopic (exact) mass is 417 g/mol. The molecule has 0 N–H and O–H groups in total. The van der Waals surface area contributed by atoms with Crippen molar-refractivity contribution in [2.75, 3.05) is 11.5 Å². The Morgan fingerprint density at radius 1 is 1.38 bits per heavy atom. The molecule has 1 unspecified atom stereocenters. The zero-order valence-electron chi connectivity index (χ0n) is 16.6. The molecule has 1 amide bonds. The Balaban J connectivity index is 1.81. The molecule has 1 fully saturated rings. The Labute approximate surface area is 168 Å². The van der Waals surface area contributed by atoms with Gasteiger partial charge in [-0.1, -0.05) is 19.0 Å². The van der Waals surface area contributed by atoms with Crippen molar-refractivity contribution in [3.63, 3.8) is 0 Å². The summed E-state index contributed by atoms with van der Waals surface area (Å²) < 4.78 is 35.0. The molecule has 3 aromatic rings. The average molecular weight is 417 g/mol. The van der Waals surface area contributed by atoms with Crippen LogP contribution in [0, 0.1) is 6.92 Å². The van der Waals surface area contributed by atoms with Gasteiger partial charge in [0, 0.05) is 11.7 Å². The van der Waals surface area contributed by atoms with E-state index in [1.54, 1.807) is 30.0 Å². The summed E-state index contributed by atoms with van der Waals surface area (Å²) in [6.45, 7) is 5.91. The Morgan fingerprint density at radius 2 is 2.17 bits per heavy atom. The van der Waals surface area contributed by atoms with E-state index >= 15 is 0 Å². The molecule has 154 valence electrons. The van der Waals surface area contributed by atoms with E-state index < -0.39 is 15.9 Å². The molecule has 0 aromatic carbocycles. The van der Waals surface area contributed by atoms with Crippen LogP contribution in [0.25, 0.3) is 11.1 Å². The van der Waals surface area contributed by atoms with E-state index in [2.05, 4.69) is 10.1 Å². The standard InChI is InChI=1S/C20H23N3O5S/c1-12(2)18-17-16(9-13(3)21-19(17)28-22-18)20(24)23(10-15-5-4-7-27-15)14-6-8-29(25,26)11-14/h4-5,7,9,12,14H,6,8,10-11H2,1-3H3. The number of rotatable bonds is 5. The van der Waals surface area contributed by atoms with Crippen LogP contribution < -0.4 is 0 Å². The number of aromatic nitrogens is 2. The van der Waals surface area contributed by atoms with Gasteiger partial charge in [0.05, 0.1) is 41.0 Å². The summed E-state index contributed by atoms with van der Waals surface area (Å²) in [5.41, 5.74) is 2.03. The zero-order chi connectivity index (χ0) is 20.8. The minimum absolute atomic E-state index is 0.0395. The molecular weight excluding hydrogens is 394 g/mol. The molecule has 4 rings (SSSR count). The van der Waals surface area contributed by atoms with Gasteiger partial charge in [-0.3, -0.25) is 4.79 Å². The SMILES string of the molecule is Cc1cc(C(=O)N(Cc2ccco2)C2CCS(=O)(=O)C2)c2c(C(C)C)noc2n1. The van der Waals surface area contributed by atoms with Crippen LogP contribution in [0.4, 0.5) is 0 Å². The number of furan rings is 1. The van der Waals surface area contributed by atoms with Crippen LogP contribution in [-0.2, 0) is 16.4 Å². The molecule has 3 aromatic heterocycles. The summed E-state index contributed by atoms with van der Waals surface area (Å²) in [5, 5.41) is 4.70. The lowest BCUT2D eigenvalue weighted by molar-refractivity contribution is 0.0668. The molecule has 1 atom stereocenters. The number of carbonyl (C=O) groups excluding carboxylic acids is 1. The van der Waals surface area contributed by atoms with Crippen molar-refractivity contribution in [1.82, 2.24) is 15.0 Å². The van der Waals surface area contributed by atoms with Crippen molar-refractivity contribution in [3.05, 3.63) is 47.2 Å². The van der Waals surface area contributed by atoms with E-state index in [0.29, 0.717) is 40.2 Å². The largest absolute Gasteiger partial charge is 0.467 e. The molecule has 0 bridgehead atoms. The summed E-state index contributed by atoms with van der Waals surface area (Å²) in [4.78, 5) is 19.7. The summed E-state index contributed by atoms with van der Waals surface area (Å²) >= 11 is 0. The predicted octanol–water partition coefficient (Wildman–Crippen LogP) is 3.08. The van der Waals surface area contributed by atoms with E-state index in [1.807, 2.05) is 13.8 Å². The van der Waals surface area contributed by atoms with E-state index in [4.69, 9.17) is 8.94 Å². The summed E-state index contributed by atoms with van der Waals surface area (Å²) in [6.07, 6.45) is 1.94. The van der Waals surface area contributed by atoms with Crippen molar-refractivity contribution >= 4 is 26.8 Å². The van der Waals surface area contributed by atoms with Gasteiger partial charge in [-0.2, -0.15) is 0 Å². The fourth-order valence-corrected chi connectivity index (χ4v) is 5.50. The second kappa shape index (κ2) is 7.29. The molecule has 0 saturated carbocycles. The third-order valence-electron chi connectivity index (χ3n) is 5.19. The van der Waals surface area contributed by atoms with Gasteiger partial charge in [-0.05, 0) is 37.5 Å². The van der Waals surface area contributed by atoms with Crippen LogP contribution in [0.15, 0.2) is 33.4 Å². The van der Waals surface area contributed by atoms with Gasteiger partial charge in [0.25, 0.3) is 11.6 Å². The van der Waals surface area contributed by atoms with Gasteiger partial charge < -0.3 is 13.8 Å². The van der Waals surface area contributed by atoms with Gasteiger partial charge in [0.15, 0.2) is 9.84 Å². The summed E-state index contributed by atoms with van der Waals surface area (Å²) in [6, 6.07) is 4.82. The van der Waals surface area contributed by atoms with Crippen LogP contribution >= 0.6 is 0 Å². The first-order valence-electron chi connectivity index (χ1n) is 9.56. The number of fused-ring (bicyclic) bond motifs is 1. The summed E-state index contributed by atoms with van der Waals surface area (Å²) in [7, 11) is -3.16. The zero-order valence-corrected chi connectivity index (χ0v) is 17.4. The molecule has 1 saturated heterocycles. The van der Waals surface area contributed by atoms with Crippen molar-refractivity contribution in [2.45, 2.75) is 45.7 Å². The Hall–Kier alpha value is -2.68. The molecule has 4 heterocycles. The minimum atomic E-state index is -3.16. The number of sulfone groups is 1. The lowest BCUT2D eigenvalue weighted by Gasteiger charge is -2.28. The smallest absolute Gasteiger partial charge is 0.259 e. The average Bonchev–Trinajstić information content (AvgIpc) is 3.37. The number of amides is 1. The lowest BCUT2D eigenvalue weighted by atomic mass is 10.0. The first-order chi connectivity index (χ1) is 13.7. The molecule has 1 aliphatic heterocycles. The number of carbonyl (C=O) groups is 1. The fraction of sp³-hybridized carbons (Fsp3) is 0.450. The maximum Gasteiger partial charge on any atom is 0.259 e. The number of nitrogens with zero attached hydrogens (tertiary/aromatic N) is 3. The maximum absolute atomic E-state index is 13.7. The van der Waals surface area contributed by atoms with Gasteiger partial charge >= 0.3 is 0 Å². The summed E-state index contributed by atoms with van der Waals surface area (Å²) in [5.74, 6) is 0.392. The van der Waals surface area contributed by atoms with Crippen LogP contribution in [0.2, 0.25) is 0 Å². The minimum Gasteiger partial charge on any atom is -0.467 e. The van der Waals surface area contributed by atoms with Crippen LogP contribution in [0.3, 0.4) is 0 Å². The number of hydrogen-bond donors (Lipinski definition) is 0. The first-order valence-corrected chi connectivity index (χ1v) is 11.4. The van der Waals surface area contributed by atoms with E-state index in [-0.39, 0.29) is 29.9 Å². The number of hydrogen-bond acceptors (Lipinski definition) is 7. The van der Waals surface area contributed by atoms with Crippen molar-refractivity contribution < 1.29 is 22.2 Å². The van der Waals surface area contributed by atoms with Crippen LogP contribution in [0.5, 0.6) is 0 Å². The normalized spacial score (nSPS) is 18.6. The molecule has 0 spiro atoms. The van der Waals surface area contributed by atoms with E-state index in [1.165, 1.54) is 6.26 Å². The Morgan fingerprint density at radius 3 is 2.79 bits per heavy atom. The topological polar surface area (TPSA) is 107 Å². The third kappa shape index (κ3) is 3.78. The molecule has 1 aliphatic rings. The van der Waals surface area contributed by atoms with Gasteiger partial charge in [0.1, 0.15) is 5.76 Å². The molecular formula is C20H23N3O5S. The quantitative estimate of drug-likeness (QED) is 0.628. The highest BCUT2D eigenvalue weighted by Crippen LogP contribution is 2.30. The van der Waals surface area contributed by atoms with Crippen molar-refractivity contribution in [1.29, 1.82) is 0 Å². The molecule has 29 heavy (non-hydrogen) atoms. The van der Waals surface area contributed by atoms with Crippen LogP contribution in [0.1, 0.15) is 53.7 Å². The van der Waals surface area contributed by atoms with Gasteiger partial charge in [-0.15, -0.1) is 0 Å². The molecule has 9 heteroatoms. The Kier molecular flexibility index (Phi) is 4.94. The fourth-order valence-electron chi connectivity index (χ4n) is 3.77. The number of pyridine rings is 1. The number of aryl methyl sites for hydroxylation is 1. The molecule has 8 nitrogen and oxygen atoms in total. The Bertz CT molecular complexity index is 1150. The van der Waals surface area contributed by atoms with Gasteiger partial charge in [0.2, 0.25) is 0 Å². The first kappa shape index (κ1) is 19.6. The van der Waals surface area contributed by atoms with Gasteiger partial charge in [-0.25, -0.2) is 13.4 Å². The van der Waals surface area contributed by atoms with E-state index in [9.17, 15) is 13.2 Å². The van der Waals surface area contributed by atoms with Crippen LogP contribution in [-0.4, -0.2) is 46.9 Å². The highest BCUT2D eigenvalue weighted by molar-refractivity contribution is 7.91. The predicted molar refractivity (Wildman–Crippen MR) is 106 cm³/mol. The van der Waals surface area contributed by atoms with E-state index in [0.717, 1.165) is 0 Å². The second-order valence-corrected chi connectivity index (χ2v) is 10.0. The third-order valence-corrected chi connectivity index (χ3v) is 6.94. The highest BCUT2D eigenvalue weighted by atomic mass is 32.2. The lowest BCUT2D eigenvalue weighted by Crippen LogP contribution is -2.40. The van der Waals surface area contributed by atoms with Crippen molar-refractivity contribution in [3.8, 4) is 0 Å². The molecule has 0 radical (unpaired) electrons. The maximum atomic E-state index is 13.7. The highest BCUT2D eigenvalue weighted by Gasteiger charge is 2.36.